The number of hydrogen-bond acceptors (Lipinski definition) is 2. The minimum atomic E-state index is -0.0555. The van der Waals surface area contributed by atoms with E-state index in [1.807, 2.05) is 0 Å². The molecule has 0 unspecified atom stereocenters. The third-order valence-corrected chi connectivity index (χ3v) is 2.34. The van der Waals surface area contributed by atoms with Crippen molar-refractivity contribution in [3.63, 3.8) is 0 Å². The van der Waals surface area contributed by atoms with E-state index >= 15 is 0 Å². The average Bonchev–Trinajstić information content (AvgIpc) is 2.85. The van der Waals surface area contributed by atoms with Gasteiger partial charge in [-0.1, -0.05) is 0 Å². The smallest absolute Gasteiger partial charge is 0.244 e. The molecule has 4 heteroatoms. The molecule has 1 aromatic rings. The number of nitrogens with one attached hydrogen (secondary N) is 1. The zero-order valence-electron chi connectivity index (χ0n) is 7.50. The van der Waals surface area contributed by atoms with E-state index in [4.69, 9.17) is 4.42 Å². The molecule has 1 heterocycles. The summed E-state index contributed by atoms with van der Waals surface area (Å²) in [6.45, 7) is 0. The van der Waals surface area contributed by atoms with Gasteiger partial charge in [0.15, 0.2) is 4.67 Å². The lowest BCUT2D eigenvalue weighted by molar-refractivity contribution is -0.116. The van der Waals surface area contributed by atoms with Crippen molar-refractivity contribution in [3.05, 3.63) is 28.6 Å². The van der Waals surface area contributed by atoms with Crippen molar-refractivity contribution in [1.29, 1.82) is 0 Å². The molecule has 0 aromatic carbocycles. The van der Waals surface area contributed by atoms with Gasteiger partial charge < -0.3 is 9.73 Å². The Kier molecular flexibility index (Phi) is 2.72. The molecule has 0 spiro atoms. The number of carbonyl (C=O) groups excluding carboxylic acids is 1. The maximum atomic E-state index is 11.2. The van der Waals surface area contributed by atoms with Crippen molar-refractivity contribution in [3.8, 4) is 0 Å². The quantitative estimate of drug-likeness (QED) is 0.843. The number of rotatable bonds is 3. The first kappa shape index (κ1) is 9.52. The van der Waals surface area contributed by atoms with Crippen molar-refractivity contribution in [2.24, 2.45) is 0 Å². The maximum absolute atomic E-state index is 11.2. The first-order chi connectivity index (χ1) is 6.74. The first-order valence-electron chi connectivity index (χ1n) is 4.48. The van der Waals surface area contributed by atoms with E-state index in [1.54, 1.807) is 18.2 Å². The second kappa shape index (κ2) is 4.00. The van der Waals surface area contributed by atoms with Gasteiger partial charge in [-0.2, -0.15) is 0 Å². The van der Waals surface area contributed by atoms with Crippen LogP contribution in [0, 0.1) is 0 Å². The topological polar surface area (TPSA) is 42.2 Å². The largest absolute Gasteiger partial charge is 0.450 e. The molecule has 1 saturated carbocycles. The van der Waals surface area contributed by atoms with Gasteiger partial charge in [-0.25, -0.2) is 0 Å². The fourth-order valence-corrected chi connectivity index (χ4v) is 1.37. The summed E-state index contributed by atoms with van der Waals surface area (Å²) < 4.78 is 5.87. The van der Waals surface area contributed by atoms with Crippen LogP contribution in [0.5, 0.6) is 0 Å². The van der Waals surface area contributed by atoms with Crippen molar-refractivity contribution in [1.82, 2.24) is 5.32 Å². The molecule has 14 heavy (non-hydrogen) atoms. The molecular weight excluding hydrogens is 246 g/mol. The summed E-state index contributed by atoms with van der Waals surface area (Å²) in [5.41, 5.74) is 0. The minimum absolute atomic E-state index is 0.0555. The monoisotopic (exact) mass is 255 g/mol. The number of carbonyl (C=O) groups is 1. The van der Waals surface area contributed by atoms with Gasteiger partial charge in [0.1, 0.15) is 5.76 Å². The second-order valence-electron chi connectivity index (χ2n) is 3.26. The van der Waals surface area contributed by atoms with Crippen LogP contribution < -0.4 is 5.32 Å². The molecule has 1 N–H and O–H groups in total. The fraction of sp³-hybridized carbons (Fsp3) is 0.300. The zero-order chi connectivity index (χ0) is 9.97. The standard InChI is InChI=1S/C10H10BrNO2/c11-9-5-3-8(14-9)4-6-10(13)12-7-1-2-7/h3-7H,1-2H2,(H,12,13). The highest BCUT2D eigenvalue weighted by Crippen LogP contribution is 2.18. The predicted molar refractivity (Wildman–Crippen MR) is 56.6 cm³/mol. The molecule has 1 fully saturated rings. The van der Waals surface area contributed by atoms with Crippen molar-refractivity contribution in [2.75, 3.05) is 0 Å². The van der Waals surface area contributed by atoms with E-state index in [1.165, 1.54) is 6.08 Å². The van der Waals surface area contributed by atoms with Crippen LogP contribution in [0.3, 0.4) is 0 Å². The van der Waals surface area contributed by atoms with E-state index in [0.717, 1.165) is 12.8 Å². The van der Waals surface area contributed by atoms with E-state index in [0.29, 0.717) is 16.5 Å². The molecule has 0 aliphatic heterocycles. The summed E-state index contributed by atoms with van der Waals surface area (Å²) in [6, 6.07) is 3.99. The van der Waals surface area contributed by atoms with E-state index in [9.17, 15) is 4.79 Å². The molecule has 74 valence electrons. The highest BCUT2D eigenvalue weighted by Gasteiger charge is 2.21. The maximum Gasteiger partial charge on any atom is 0.244 e. The fourth-order valence-electron chi connectivity index (χ4n) is 1.05. The molecule has 0 atom stereocenters. The summed E-state index contributed by atoms with van der Waals surface area (Å²) in [5, 5.41) is 2.85. The van der Waals surface area contributed by atoms with E-state index in [2.05, 4.69) is 21.2 Å². The van der Waals surface area contributed by atoms with Crippen LogP contribution in [0.4, 0.5) is 0 Å². The van der Waals surface area contributed by atoms with E-state index < -0.39 is 0 Å². The lowest BCUT2D eigenvalue weighted by Gasteiger charge is -1.95. The lowest BCUT2D eigenvalue weighted by Crippen LogP contribution is -2.22. The van der Waals surface area contributed by atoms with Crippen LogP contribution in [0.2, 0.25) is 0 Å². The molecule has 1 amide bonds. The molecule has 0 saturated heterocycles. The summed E-state index contributed by atoms with van der Waals surface area (Å²) in [7, 11) is 0. The van der Waals surface area contributed by atoms with Gasteiger partial charge in [0.25, 0.3) is 0 Å². The Morgan fingerprint density at radius 1 is 1.57 bits per heavy atom. The van der Waals surface area contributed by atoms with Crippen LogP contribution in [-0.2, 0) is 4.79 Å². The summed E-state index contributed by atoms with van der Waals surface area (Å²) in [4.78, 5) is 11.2. The normalized spacial score (nSPS) is 16.1. The first-order valence-corrected chi connectivity index (χ1v) is 5.27. The van der Waals surface area contributed by atoms with Crippen molar-refractivity contribution < 1.29 is 9.21 Å². The van der Waals surface area contributed by atoms with Gasteiger partial charge in [0, 0.05) is 12.1 Å². The second-order valence-corrected chi connectivity index (χ2v) is 4.04. The minimum Gasteiger partial charge on any atom is -0.450 e. The van der Waals surface area contributed by atoms with E-state index in [-0.39, 0.29) is 5.91 Å². The molecule has 0 radical (unpaired) electrons. The van der Waals surface area contributed by atoms with Crippen LogP contribution in [-0.4, -0.2) is 11.9 Å². The molecular formula is C10H10BrNO2. The number of halogens is 1. The van der Waals surface area contributed by atoms with Gasteiger partial charge in [0.05, 0.1) is 0 Å². The van der Waals surface area contributed by atoms with Crippen LogP contribution in [0.15, 0.2) is 27.3 Å². The summed E-state index contributed by atoms with van der Waals surface area (Å²) in [6.07, 6.45) is 5.35. The Morgan fingerprint density at radius 3 is 2.93 bits per heavy atom. The Labute approximate surface area is 90.3 Å². The summed E-state index contributed by atoms with van der Waals surface area (Å²) in [5.74, 6) is 0.614. The highest BCUT2D eigenvalue weighted by atomic mass is 79.9. The summed E-state index contributed by atoms with van der Waals surface area (Å²) >= 11 is 3.19. The third kappa shape index (κ3) is 2.73. The van der Waals surface area contributed by atoms with Crippen molar-refractivity contribution in [2.45, 2.75) is 18.9 Å². The molecule has 1 aliphatic rings. The van der Waals surface area contributed by atoms with Crippen LogP contribution >= 0.6 is 15.9 Å². The Bertz CT molecular complexity index is 366. The van der Waals surface area contributed by atoms with Gasteiger partial charge >= 0.3 is 0 Å². The Morgan fingerprint density at radius 2 is 2.36 bits per heavy atom. The molecule has 3 nitrogen and oxygen atoms in total. The van der Waals surface area contributed by atoms with Gasteiger partial charge in [-0.05, 0) is 47.0 Å². The van der Waals surface area contributed by atoms with Crippen LogP contribution in [0.25, 0.3) is 6.08 Å². The van der Waals surface area contributed by atoms with Gasteiger partial charge in [-0.15, -0.1) is 0 Å². The van der Waals surface area contributed by atoms with Gasteiger partial charge in [0.2, 0.25) is 5.91 Å². The predicted octanol–water partition coefficient (Wildman–Crippen LogP) is 2.33. The zero-order valence-corrected chi connectivity index (χ0v) is 9.08. The average molecular weight is 256 g/mol. The SMILES string of the molecule is O=C(C=Cc1ccc(Br)o1)NC1CC1. The van der Waals surface area contributed by atoms with Gasteiger partial charge in [-0.3, -0.25) is 4.79 Å². The Balaban J connectivity index is 1.88. The molecule has 1 aromatic heterocycles. The highest BCUT2D eigenvalue weighted by molar-refractivity contribution is 9.10. The van der Waals surface area contributed by atoms with Crippen LogP contribution in [0.1, 0.15) is 18.6 Å². The Hall–Kier alpha value is -1.03. The molecule has 0 bridgehead atoms. The van der Waals surface area contributed by atoms with Crippen molar-refractivity contribution >= 4 is 27.9 Å². The number of amides is 1. The lowest BCUT2D eigenvalue weighted by atomic mass is 10.4. The molecule has 2 rings (SSSR count). The third-order valence-electron chi connectivity index (χ3n) is 1.92. The molecule has 1 aliphatic carbocycles. The number of hydrogen-bond donors (Lipinski definition) is 1. The number of furan rings is 1.